The molecule has 1 N–H and O–H groups in total. The van der Waals surface area contributed by atoms with E-state index < -0.39 is 0 Å². The number of carbonyl (C=O) groups excluding carboxylic acids is 1. The van der Waals surface area contributed by atoms with Crippen molar-refractivity contribution in [2.24, 2.45) is 5.92 Å². The standard InChI is InChI=1S/C20H29N3O2S/c1-5-15(6-2)21-18(24)13-26-20-22-17-10-8-7-9-16(17)19(25)23(20)12-11-14(3)4/h7-10,14-15H,5-6,11-13H2,1-4H3,(H,21,24). The molecule has 5 nitrogen and oxygen atoms in total. The zero-order chi connectivity index (χ0) is 19.1. The van der Waals surface area contributed by atoms with Crippen LogP contribution in [0.2, 0.25) is 0 Å². The number of amides is 1. The fraction of sp³-hybridized carbons (Fsp3) is 0.550. The quantitative estimate of drug-likeness (QED) is 0.534. The first-order valence-electron chi connectivity index (χ1n) is 9.37. The van der Waals surface area contributed by atoms with Gasteiger partial charge in [-0.3, -0.25) is 14.2 Å². The van der Waals surface area contributed by atoms with E-state index in [0.717, 1.165) is 19.3 Å². The van der Waals surface area contributed by atoms with Crippen LogP contribution in [0, 0.1) is 5.92 Å². The summed E-state index contributed by atoms with van der Waals surface area (Å²) in [6.45, 7) is 9.02. The van der Waals surface area contributed by atoms with Crippen molar-refractivity contribution >= 4 is 28.6 Å². The van der Waals surface area contributed by atoms with E-state index in [-0.39, 0.29) is 23.3 Å². The van der Waals surface area contributed by atoms with Crippen molar-refractivity contribution in [1.82, 2.24) is 14.9 Å². The van der Waals surface area contributed by atoms with Gasteiger partial charge in [0.25, 0.3) is 5.56 Å². The van der Waals surface area contributed by atoms with Gasteiger partial charge in [0.1, 0.15) is 0 Å². The van der Waals surface area contributed by atoms with E-state index in [1.165, 1.54) is 11.8 Å². The minimum absolute atomic E-state index is 0.0125. The van der Waals surface area contributed by atoms with Gasteiger partial charge in [-0.1, -0.05) is 51.6 Å². The Kier molecular flexibility index (Phi) is 7.69. The summed E-state index contributed by atoms with van der Waals surface area (Å²) in [5, 5.41) is 4.28. The summed E-state index contributed by atoms with van der Waals surface area (Å²) in [6.07, 6.45) is 2.73. The second kappa shape index (κ2) is 9.76. The second-order valence-corrected chi connectivity index (χ2v) is 7.86. The minimum atomic E-state index is -0.0286. The van der Waals surface area contributed by atoms with Crippen molar-refractivity contribution in [1.29, 1.82) is 0 Å². The van der Waals surface area contributed by atoms with Crippen LogP contribution >= 0.6 is 11.8 Å². The molecule has 1 amide bonds. The number of hydrogen-bond acceptors (Lipinski definition) is 4. The minimum Gasteiger partial charge on any atom is -0.353 e. The van der Waals surface area contributed by atoms with Crippen LogP contribution in [0.1, 0.15) is 47.0 Å². The van der Waals surface area contributed by atoms with Crippen LogP contribution < -0.4 is 10.9 Å². The molecule has 6 heteroatoms. The lowest BCUT2D eigenvalue weighted by molar-refractivity contribution is -0.119. The predicted octanol–water partition coefficient (Wildman–Crippen LogP) is 3.84. The lowest BCUT2D eigenvalue weighted by Gasteiger charge is -2.16. The smallest absolute Gasteiger partial charge is 0.262 e. The molecule has 0 saturated heterocycles. The van der Waals surface area contributed by atoms with Gasteiger partial charge in [-0.15, -0.1) is 0 Å². The summed E-state index contributed by atoms with van der Waals surface area (Å²) in [6, 6.07) is 7.59. The Morgan fingerprint density at radius 2 is 1.92 bits per heavy atom. The second-order valence-electron chi connectivity index (χ2n) is 6.92. The lowest BCUT2D eigenvalue weighted by atomic mass is 10.1. The normalized spacial score (nSPS) is 11.5. The number of nitrogens with zero attached hydrogens (tertiary/aromatic N) is 2. The van der Waals surface area contributed by atoms with E-state index in [1.807, 2.05) is 24.3 Å². The Bertz CT molecular complexity index is 797. The topological polar surface area (TPSA) is 64.0 Å². The number of para-hydroxylation sites is 1. The van der Waals surface area contributed by atoms with Gasteiger partial charge in [-0.25, -0.2) is 4.98 Å². The number of aromatic nitrogens is 2. The summed E-state index contributed by atoms with van der Waals surface area (Å²) in [5.41, 5.74) is 0.653. The molecule has 0 fully saturated rings. The van der Waals surface area contributed by atoms with E-state index in [1.54, 1.807) is 4.57 Å². The van der Waals surface area contributed by atoms with Gasteiger partial charge in [0.05, 0.1) is 16.7 Å². The summed E-state index contributed by atoms with van der Waals surface area (Å²) in [4.78, 5) is 29.8. The maximum absolute atomic E-state index is 12.9. The Balaban J connectivity index is 2.25. The summed E-state index contributed by atoms with van der Waals surface area (Å²) in [5.74, 6) is 0.745. The van der Waals surface area contributed by atoms with E-state index in [9.17, 15) is 9.59 Å². The number of hydrogen-bond donors (Lipinski definition) is 1. The molecule has 0 aliphatic carbocycles. The van der Waals surface area contributed by atoms with Gasteiger partial charge in [-0.05, 0) is 37.3 Å². The fourth-order valence-corrected chi connectivity index (χ4v) is 3.57. The molecule has 0 atom stereocenters. The highest BCUT2D eigenvalue weighted by atomic mass is 32.2. The first-order valence-corrected chi connectivity index (χ1v) is 10.4. The number of carbonyl (C=O) groups is 1. The zero-order valence-electron chi connectivity index (χ0n) is 16.1. The molecule has 0 spiro atoms. The van der Waals surface area contributed by atoms with Crippen LogP contribution in [-0.2, 0) is 11.3 Å². The Hall–Kier alpha value is -1.82. The van der Waals surface area contributed by atoms with Gasteiger partial charge in [0.2, 0.25) is 5.91 Å². The van der Waals surface area contributed by atoms with Gasteiger partial charge in [-0.2, -0.15) is 0 Å². The van der Waals surface area contributed by atoms with Crippen molar-refractivity contribution in [2.45, 2.75) is 64.7 Å². The average molecular weight is 376 g/mol. The first-order chi connectivity index (χ1) is 12.5. The predicted molar refractivity (Wildman–Crippen MR) is 109 cm³/mol. The highest BCUT2D eigenvalue weighted by Gasteiger charge is 2.14. The highest BCUT2D eigenvalue weighted by Crippen LogP contribution is 2.19. The van der Waals surface area contributed by atoms with Crippen LogP contribution in [0.4, 0.5) is 0 Å². The largest absolute Gasteiger partial charge is 0.353 e. The maximum atomic E-state index is 12.9. The van der Waals surface area contributed by atoms with Gasteiger partial charge in [0.15, 0.2) is 5.16 Å². The molecule has 26 heavy (non-hydrogen) atoms. The molecule has 0 aliphatic heterocycles. The lowest BCUT2D eigenvalue weighted by Crippen LogP contribution is -2.35. The van der Waals surface area contributed by atoms with Crippen LogP contribution in [0.15, 0.2) is 34.2 Å². The van der Waals surface area contributed by atoms with E-state index in [2.05, 4.69) is 38.0 Å². The monoisotopic (exact) mass is 375 g/mol. The molecule has 0 aliphatic rings. The summed E-state index contributed by atoms with van der Waals surface area (Å²) >= 11 is 1.34. The molecular weight excluding hydrogens is 346 g/mol. The third-order valence-electron chi connectivity index (χ3n) is 4.44. The van der Waals surface area contributed by atoms with Crippen molar-refractivity contribution in [3.8, 4) is 0 Å². The number of thioether (sulfide) groups is 1. The van der Waals surface area contributed by atoms with Crippen molar-refractivity contribution < 1.29 is 4.79 Å². The number of rotatable bonds is 9. The SMILES string of the molecule is CCC(CC)NC(=O)CSc1nc2ccccc2c(=O)n1CCC(C)C. The maximum Gasteiger partial charge on any atom is 0.262 e. The number of fused-ring (bicyclic) bond motifs is 1. The molecule has 2 aromatic rings. The molecule has 0 saturated carbocycles. The number of nitrogens with one attached hydrogen (secondary N) is 1. The third-order valence-corrected chi connectivity index (χ3v) is 5.42. The van der Waals surface area contributed by atoms with Crippen molar-refractivity contribution in [3.05, 3.63) is 34.6 Å². The summed E-state index contributed by atoms with van der Waals surface area (Å²) < 4.78 is 1.72. The van der Waals surface area contributed by atoms with Crippen molar-refractivity contribution in [2.75, 3.05) is 5.75 Å². The van der Waals surface area contributed by atoms with Gasteiger partial charge < -0.3 is 5.32 Å². The van der Waals surface area contributed by atoms with Crippen LogP contribution in [0.3, 0.4) is 0 Å². The van der Waals surface area contributed by atoms with E-state index in [0.29, 0.717) is 28.5 Å². The molecule has 0 unspecified atom stereocenters. The molecule has 2 rings (SSSR count). The average Bonchev–Trinajstić information content (AvgIpc) is 2.63. The van der Waals surface area contributed by atoms with Gasteiger partial charge in [0, 0.05) is 12.6 Å². The van der Waals surface area contributed by atoms with Crippen LogP contribution in [-0.4, -0.2) is 27.3 Å². The molecular formula is C20H29N3O2S. The number of benzene rings is 1. The molecule has 0 radical (unpaired) electrons. The van der Waals surface area contributed by atoms with Crippen LogP contribution in [0.5, 0.6) is 0 Å². The highest BCUT2D eigenvalue weighted by molar-refractivity contribution is 7.99. The Morgan fingerprint density at radius 3 is 2.58 bits per heavy atom. The fourth-order valence-electron chi connectivity index (χ4n) is 2.73. The van der Waals surface area contributed by atoms with Crippen LogP contribution in [0.25, 0.3) is 10.9 Å². The van der Waals surface area contributed by atoms with E-state index >= 15 is 0 Å². The zero-order valence-corrected chi connectivity index (χ0v) is 16.9. The molecule has 142 valence electrons. The molecule has 1 aromatic carbocycles. The van der Waals surface area contributed by atoms with E-state index in [4.69, 9.17) is 0 Å². The summed E-state index contributed by atoms with van der Waals surface area (Å²) in [7, 11) is 0. The molecule has 1 aromatic heterocycles. The third kappa shape index (κ3) is 5.34. The Morgan fingerprint density at radius 1 is 1.23 bits per heavy atom. The van der Waals surface area contributed by atoms with Crippen molar-refractivity contribution in [3.63, 3.8) is 0 Å². The Labute approximate surface area is 159 Å². The molecule has 0 bridgehead atoms. The van der Waals surface area contributed by atoms with Gasteiger partial charge >= 0.3 is 0 Å². The molecule has 1 heterocycles. The first kappa shape index (κ1) is 20.5.